The van der Waals surface area contributed by atoms with Crippen molar-refractivity contribution in [2.45, 2.75) is 18.4 Å². The van der Waals surface area contributed by atoms with Gasteiger partial charge in [-0.2, -0.15) is 4.98 Å². The Morgan fingerprint density at radius 2 is 2.20 bits per heavy atom. The van der Waals surface area contributed by atoms with E-state index in [1.165, 1.54) is 0 Å². The van der Waals surface area contributed by atoms with Crippen LogP contribution in [0.4, 0.5) is 4.39 Å². The number of aromatic nitrogens is 2. The highest BCUT2D eigenvalue weighted by Crippen LogP contribution is 2.30. The molecule has 0 radical (unpaired) electrons. The summed E-state index contributed by atoms with van der Waals surface area (Å²) in [5.41, 5.74) is 0. The van der Waals surface area contributed by atoms with Crippen molar-refractivity contribution in [1.82, 2.24) is 10.1 Å². The molecule has 0 aliphatic heterocycles. The van der Waals surface area contributed by atoms with Crippen molar-refractivity contribution in [3.8, 4) is 5.75 Å². The lowest BCUT2D eigenvalue weighted by atomic mass is 10.3. The lowest BCUT2D eigenvalue weighted by Crippen LogP contribution is -2.14. The largest absolute Gasteiger partial charge is 0.484 e. The predicted molar refractivity (Wildman–Crippen MR) is 68.8 cm³/mol. The first-order chi connectivity index (χ1) is 9.27. The van der Waals surface area contributed by atoms with E-state index in [1.54, 1.807) is 6.92 Å². The molecule has 0 atom stereocenters. The van der Waals surface area contributed by atoms with E-state index in [-0.39, 0.29) is 22.7 Å². The lowest BCUT2D eigenvalue weighted by molar-refractivity contribution is 0.282. The zero-order valence-electron chi connectivity index (χ0n) is 10.1. The molecular weight excluding hydrogens is 357 g/mol. The number of aryl methyl sites for hydroxylation is 1. The first-order valence-corrected chi connectivity index (χ1v) is 7.55. The second kappa shape index (κ2) is 5.46. The minimum Gasteiger partial charge on any atom is -0.484 e. The van der Waals surface area contributed by atoms with Crippen LogP contribution in [0.5, 0.6) is 5.75 Å². The Hall–Kier alpha value is -1.52. The van der Waals surface area contributed by atoms with Crippen molar-refractivity contribution in [3.05, 3.63) is 34.1 Å². The van der Waals surface area contributed by atoms with Crippen LogP contribution in [0.15, 0.2) is 26.0 Å². The van der Waals surface area contributed by atoms with E-state index < -0.39 is 20.7 Å². The molecule has 2 rings (SSSR count). The summed E-state index contributed by atoms with van der Waals surface area (Å²) in [6.07, 6.45) is 0. The number of primary sulfonamides is 1. The van der Waals surface area contributed by atoms with Crippen molar-refractivity contribution in [2.24, 2.45) is 5.14 Å². The number of hydrogen-bond acceptors (Lipinski definition) is 6. The van der Waals surface area contributed by atoms with Gasteiger partial charge in [0.1, 0.15) is 16.5 Å². The minimum atomic E-state index is -4.14. The summed E-state index contributed by atoms with van der Waals surface area (Å²) in [5, 5.41) is 8.49. The van der Waals surface area contributed by atoms with Gasteiger partial charge in [0.2, 0.25) is 21.7 Å². The van der Waals surface area contributed by atoms with Crippen molar-refractivity contribution in [2.75, 3.05) is 0 Å². The van der Waals surface area contributed by atoms with Crippen molar-refractivity contribution in [3.63, 3.8) is 0 Å². The Balaban J connectivity index is 2.23. The number of benzene rings is 1. The molecule has 1 aromatic heterocycles. The van der Waals surface area contributed by atoms with E-state index in [2.05, 4.69) is 26.1 Å². The number of sulfonamides is 1. The van der Waals surface area contributed by atoms with Gasteiger partial charge in [0, 0.05) is 13.0 Å². The molecule has 0 amide bonds. The van der Waals surface area contributed by atoms with Crippen LogP contribution in [-0.4, -0.2) is 18.6 Å². The molecule has 20 heavy (non-hydrogen) atoms. The molecule has 0 fully saturated rings. The molecule has 0 spiro atoms. The van der Waals surface area contributed by atoms with Crippen LogP contribution in [0, 0.1) is 12.7 Å². The fourth-order valence-electron chi connectivity index (χ4n) is 1.38. The van der Waals surface area contributed by atoms with E-state index in [4.69, 9.17) is 14.4 Å². The fraction of sp³-hybridized carbons (Fsp3) is 0.200. The summed E-state index contributed by atoms with van der Waals surface area (Å²) in [7, 11) is -4.14. The molecule has 0 saturated carbocycles. The summed E-state index contributed by atoms with van der Waals surface area (Å²) in [4.78, 5) is 3.29. The van der Waals surface area contributed by atoms with Crippen molar-refractivity contribution >= 4 is 26.0 Å². The summed E-state index contributed by atoms with van der Waals surface area (Å²) in [5.74, 6) is -0.254. The van der Waals surface area contributed by atoms with Gasteiger partial charge in [-0.1, -0.05) is 5.16 Å². The fourth-order valence-corrected chi connectivity index (χ4v) is 2.60. The van der Waals surface area contributed by atoms with Gasteiger partial charge in [-0.15, -0.1) is 0 Å². The van der Waals surface area contributed by atoms with E-state index in [1.807, 2.05) is 0 Å². The molecule has 1 aromatic carbocycles. The van der Waals surface area contributed by atoms with Gasteiger partial charge in [0.15, 0.2) is 6.61 Å². The Morgan fingerprint density at radius 3 is 2.75 bits per heavy atom. The first-order valence-electron chi connectivity index (χ1n) is 5.21. The average Bonchev–Trinajstić information content (AvgIpc) is 2.74. The van der Waals surface area contributed by atoms with Crippen molar-refractivity contribution in [1.29, 1.82) is 0 Å². The highest BCUT2D eigenvalue weighted by atomic mass is 79.9. The quantitative estimate of drug-likeness (QED) is 0.879. The van der Waals surface area contributed by atoms with Crippen LogP contribution in [0.2, 0.25) is 0 Å². The zero-order valence-corrected chi connectivity index (χ0v) is 12.5. The maximum Gasteiger partial charge on any atom is 0.241 e. The summed E-state index contributed by atoms with van der Waals surface area (Å²) >= 11 is 3.08. The highest BCUT2D eigenvalue weighted by Gasteiger charge is 2.18. The first kappa shape index (κ1) is 14.9. The molecule has 2 aromatic rings. The summed E-state index contributed by atoms with van der Waals surface area (Å²) < 4.78 is 46.2. The van der Waals surface area contributed by atoms with Crippen LogP contribution < -0.4 is 9.88 Å². The van der Waals surface area contributed by atoms with Gasteiger partial charge in [-0.25, -0.2) is 17.9 Å². The highest BCUT2D eigenvalue weighted by molar-refractivity contribution is 9.10. The van der Waals surface area contributed by atoms with Gasteiger partial charge < -0.3 is 9.26 Å². The van der Waals surface area contributed by atoms with E-state index in [9.17, 15) is 12.8 Å². The third-order valence-electron chi connectivity index (χ3n) is 2.22. The second-order valence-corrected chi connectivity index (χ2v) is 6.16. The number of nitrogens with zero attached hydrogens (tertiary/aromatic N) is 2. The molecule has 0 aliphatic carbocycles. The molecule has 1 heterocycles. The Labute approximate surface area is 122 Å². The number of halogens is 2. The van der Waals surface area contributed by atoms with Gasteiger partial charge in [0.05, 0.1) is 4.47 Å². The lowest BCUT2D eigenvalue weighted by Gasteiger charge is -2.08. The topological polar surface area (TPSA) is 108 Å². The van der Waals surface area contributed by atoms with E-state index in [0.717, 1.165) is 12.1 Å². The molecule has 0 saturated heterocycles. The number of ether oxygens (including phenoxy) is 1. The molecular formula is C10H9BrFN3O4S. The maximum absolute atomic E-state index is 13.6. The Morgan fingerprint density at radius 1 is 1.50 bits per heavy atom. The third-order valence-corrected chi connectivity index (χ3v) is 3.76. The molecule has 0 unspecified atom stereocenters. The van der Waals surface area contributed by atoms with Gasteiger partial charge in [-0.05, 0) is 22.0 Å². The minimum absolute atomic E-state index is 0.0515. The number of nitrogens with two attached hydrogens (primary N) is 1. The van der Waals surface area contributed by atoms with Crippen LogP contribution in [-0.2, 0) is 16.6 Å². The molecule has 2 N–H and O–H groups in total. The molecule has 7 nitrogen and oxygen atoms in total. The van der Waals surface area contributed by atoms with Gasteiger partial charge >= 0.3 is 0 Å². The molecule has 0 aliphatic rings. The smallest absolute Gasteiger partial charge is 0.241 e. The standard InChI is InChI=1S/C10H9BrFN3O4S/c1-5-14-10(15-19-5)4-18-8-3-7(12)9(2-6(8)11)20(13,16)17/h2-3H,4H2,1H3,(H2,13,16,17). The normalized spacial score (nSPS) is 11.6. The predicted octanol–water partition coefficient (Wildman–Crippen LogP) is 1.51. The van der Waals surface area contributed by atoms with E-state index >= 15 is 0 Å². The van der Waals surface area contributed by atoms with Crippen LogP contribution >= 0.6 is 15.9 Å². The van der Waals surface area contributed by atoms with Gasteiger partial charge in [0.25, 0.3) is 0 Å². The Kier molecular flexibility index (Phi) is 4.06. The van der Waals surface area contributed by atoms with E-state index in [0.29, 0.717) is 5.89 Å². The Bertz CT molecular complexity index is 747. The van der Waals surface area contributed by atoms with Gasteiger partial charge in [-0.3, -0.25) is 0 Å². The van der Waals surface area contributed by atoms with Crippen molar-refractivity contribution < 1.29 is 22.1 Å². The second-order valence-electron chi connectivity index (χ2n) is 3.78. The monoisotopic (exact) mass is 365 g/mol. The zero-order chi connectivity index (χ0) is 14.9. The van der Waals surface area contributed by atoms with Crippen LogP contribution in [0.1, 0.15) is 11.7 Å². The third kappa shape index (κ3) is 3.32. The maximum atomic E-state index is 13.6. The van der Waals surface area contributed by atoms with Crippen LogP contribution in [0.3, 0.4) is 0 Å². The number of rotatable bonds is 4. The molecule has 108 valence electrons. The number of hydrogen-bond donors (Lipinski definition) is 1. The molecule has 0 bridgehead atoms. The average molecular weight is 366 g/mol. The summed E-state index contributed by atoms with van der Waals surface area (Å²) in [6, 6.07) is 1.94. The van der Waals surface area contributed by atoms with Crippen LogP contribution in [0.25, 0.3) is 0 Å². The molecule has 10 heteroatoms. The SMILES string of the molecule is Cc1nc(COc2cc(F)c(S(N)(=O)=O)cc2Br)no1. The summed E-state index contributed by atoms with van der Waals surface area (Å²) in [6.45, 7) is 1.57.